The number of thiophene rings is 1. The van der Waals surface area contributed by atoms with Crippen LogP contribution in [0.25, 0.3) is 5.76 Å². The summed E-state index contributed by atoms with van der Waals surface area (Å²) in [5.74, 6) is -1.44. The summed E-state index contributed by atoms with van der Waals surface area (Å²) >= 11 is 1.52. The molecule has 4 rings (SSSR count). The second-order valence-corrected chi connectivity index (χ2v) is 7.19. The average molecular weight is 376 g/mol. The normalized spacial score (nSPS) is 18.8. The van der Waals surface area contributed by atoms with E-state index in [1.807, 2.05) is 23.6 Å². The number of aromatic nitrogens is 1. The Hall–Kier alpha value is -3.25. The van der Waals surface area contributed by atoms with Crippen LogP contribution in [-0.4, -0.2) is 26.7 Å². The lowest BCUT2D eigenvalue weighted by Gasteiger charge is -2.24. The van der Waals surface area contributed by atoms with E-state index in [0.717, 1.165) is 10.4 Å². The van der Waals surface area contributed by atoms with Crippen molar-refractivity contribution in [3.05, 3.63) is 93.9 Å². The molecule has 1 atom stereocenters. The van der Waals surface area contributed by atoms with Gasteiger partial charge in [0, 0.05) is 22.8 Å². The zero-order valence-corrected chi connectivity index (χ0v) is 15.1. The molecule has 1 aliphatic heterocycles. The molecule has 1 fully saturated rings. The van der Waals surface area contributed by atoms with Crippen LogP contribution in [0.3, 0.4) is 0 Å². The lowest BCUT2D eigenvalue weighted by atomic mass is 9.96. The predicted molar refractivity (Wildman–Crippen MR) is 103 cm³/mol. The molecule has 2 aromatic heterocycles. The molecule has 0 aliphatic carbocycles. The molecule has 27 heavy (non-hydrogen) atoms. The highest BCUT2D eigenvalue weighted by atomic mass is 32.1. The van der Waals surface area contributed by atoms with Crippen molar-refractivity contribution in [3.63, 3.8) is 0 Å². The first-order valence-corrected chi connectivity index (χ1v) is 9.31. The van der Waals surface area contributed by atoms with Crippen LogP contribution in [0.1, 0.15) is 22.0 Å². The maximum Gasteiger partial charge on any atom is 0.295 e. The van der Waals surface area contributed by atoms with Crippen molar-refractivity contribution in [2.45, 2.75) is 12.6 Å². The Morgan fingerprint density at radius 2 is 1.78 bits per heavy atom. The van der Waals surface area contributed by atoms with Crippen LogP contribution in [0.4, 0.5) is 0 Å². The smallest absolute Gasteiger partial charge is 0.295 e. The van der Waals surface area contributed by atoms with E-state index >= 15 is 0 Å². The maximum absolute atomic E-state index is 12.8. The Morgan fingerprint density at radius 3 is 2.44 bits per heavy atom. The fraction of sp³-hybridized carbons (Fsp3) is 0.0952. The molecule has 0 saturated carbocycles. The van der Waals surface area contributed by atoms with E-state index in [2.05, 4.69) is 4.98 Å². The van der Waals surface area contributed by atoms with Crippen molar-refractivity contribution < 1.29 is 14.7 Å². The van der Waals surface area contributed by atoms with Crippen LogP contribution in [-0.2, 0) is 16.1 Å². The van der Waals surface area contributed by atoms with Crippen LogP contribution in [0.5, 0.6) is 0 Å². The summed E-state index contributed by atoms with van der Waals surface area (Å²) in [6.45, 7) is 0.306. The molecule has 0 spiro atoms. The largest absolute Gasteiger partial charge is 0.507 e. The molecule has 1 aliphatic rings. The van der Waals surface area contributed by atoms with Crippen LogP contribution in [0.2, 0.25) is 0 Å². The summed E-state index contributed by atoms with van der Waals surface area (Å²) in [6, 6.07) is 15.5. The van der Waals surface area contributed by atoms with E-state index in [1.165, 1.54) is 16.2 Å². The Bertz CT molecular complexity index is 998. The third-order valence-corrected chi connectivity index (χ3v) is 5.38. The van der Waals surface area contributed by atoms with Gasteiger partial charge >= 0.3 is 0 Å². The first-order chi connectivity index (χ1) is 13.2. The summed E-state index contributed by atoms with van der Waals surface area (Å²) in [7, 11) is 0. The van der Waals surface area contributed by atoms with Gasteiger partial charge in [0.2, 0.25) is 0 Å². The van der Waals surface area contributed by atoms with Gasteiger partial charge in [-0.2, -0.15) is 0 Å². The zero-order valence-electron chi connectivity index (χ0n) is 14.3. The van der Waals surface area contributed by atoms with E-state index < -0.39 is 17.7 Å². The van der Waals surface area contributed by atoms with Gasteiger partial charge in [-0.1, -0.05) is 36.4 Å². The van der Waals surface area contributed by atoms with E-state index in [-0.39, 0.29) is 11.3 Å². The number of Topliss-reactive ketones (excluding diaryl/α,β-unsaturated/α-hetero) is 1. The summed E-state index contributed by atoms with van der Waals surface area (Å²) in [5, 5.41) is 12.8. The zero-order chi connectivity index (χ0) is 18.8. The number of ketones is 1. The Balaban J connectivity index is 1.86. The third kappa shape index (κ3) is 3.15. The lowest BCUT2D eigenvalue weighted by Crippen LogP contribution is -2.28. The minimum absolute atomic E-state index is 0.106. The number of carbonyl (C=O) groups excluding carboxylic acids is 2. The molecule has 1 amide bonds. The minimum atomic E-state index is -0.672. The summed E-state index contributed by atoms with van der Waals surface area (Å²) < 4.78 is 0. The number of pyridine rings is 1. The highest BCUT2D eigenvalue weighted by Gasteiger charge is 2.46. The second kappa shape index (κ2) is 7.17. The van der Waals surface area contributed by atoms with E-state index in [9.17, 15) is 14.7 Å². The third-order valence-electron chi connectivity index (χ3n) is 4.52. The number of likely N-dealkylation sites (tertiary alicyclic amines) is 1. The highest BCUT2D eigenvalue weighted by molar-refractivity contribution is 7.09. The average Bonchev–Trinajstić information content (AvgIpc) is 3.31. The number of rotatable bonds is 4. The molecule has 5 nitrogen and oxygen atoms in total. The molecule has 6 heteroatoms. The van der Waals surface area contributed by atoms with E-state index in [4.69, 9.17) is 0 Å². The quantitative estimate of drug-likeness (QED) is 0.428. The lowest BCUT2D eigenvalue weighted by molar-refractivity contribution is -0.140. The summed E-state index contributed by atoms with van der Waals surface area (Å²) in [5.41, 5.74) is 1.35. The molecule has 3 aromatic rings. The number of carbonyl (C=O) groups is 2. The van der Waals surface area contributed by atoms with Crippen molar-refractivity contribution in [1.82, 2.24) is 9.88 Å². The van der Waals surface area contributed by atoms with Crippen molar-refractivity contribution in [3.8, 4) is 0 Å². The Morgan fingerprint density at radius 1 is 1.04 bits per heavy atom. The fourth-order valence-corrected chi connectivity index (χ4v) is 3.96. The number of benzene rings is 1. The number of hydrogen-bond donors (Lipinski definition) is 1. The highest BCUT2D eigenvalue weighted by Crippen LogP contribution is 2.40. The number of aliphatic hydroxyl groups is 1. The standard InChI is InChI=1S/C21H16N2O3S/c24-19(15-5-2-1-3-6-15)17-18(14-8-10-22-11-9-14)23(21(26)20(17)25)13-16-7-4-12-27-16/h1-12,18,24H,13H2/b19-17-. The predicted octanol–water partition coefficient (Wildman–Crippen LogP) is 3.77. The molecule has 0 radical (unpaired) electrons. The van der Waals surface area contributed by atoms with Gasteiger partial charge in [-0.3, -0.25) is 14.6 Å². The van der Waals surface area contributed by atoms with Gasteiger partial charge in [0.25, 0.3) is 11.7 Å². The molecular formula is C21H16N2O3S. The van der Waals surface area contributed by atoms with Crippen LogP contribution in [0.15, 0.2) is 77.9 Å². The van der Waals surface area contributed by atoms with Crippen molar-refractivity contribution in [1.29, 1.82) is 0 Å². The first-order valence-electron chi connectivity index (χ1n) is 8.43. The monoisotopic (exact) mass is 376 g/mol. The molecule has 3 heterocycles. The van der Waals surface area contributed by atoms with Gasteiger partial charge in [0.05, 0.1) is 18.2 Å². The van der Waals surface area contributed by atoms with Crippen molar-refractivity contribution in [2.24, 2.45) is 0 Å². The topological polar surface area (TPSA) is 70.5 Å². The Labute approximate surface area is 160 Å². The van der Waals surface area contributed by atoms with Crippen LogP contribution < -0.4 is 0 Å². The van der Waals surface area contributed by atoms with E-state index in [0.29, 0.717) is 12.1 Å². The van der Waals surface area contributed by atoms with Gasteiger partial charge in [0.15, 0.2) is 0 Å². The number of amides is 1. The number of nitrogens with zero attached hydrogens (tertiary/aromatic N) is 2. The van der Waals surface area contributed by atoms with Crippen LogP contribution >= 0.6 is 11.3 Å². The van der Waals surface area contributed by atoms with E-state index in [1.54, 1.807) is 48.8 Å². The minimum Gasteiger partial charge on any atom is -0.507 e. The number of aliphatic hydroxyl groups excluding tert-OH is 1. The molecule has 1 aromatic carbocycles. The van der Waals surface area contributed by atoms with Gasteiger partial charge in [-0.25, -0.2) is 0 Å². The Kier molecular flexibility index (Phi) is 4.56. The SMILES string of the molecule is O=C1C(=O)N(Cc2cccs2)C(c2ccncc2)/C1=C(/O)c1ccccc1. The molecule has 1 unspecified atom stereocenters. The molecule has 134 valence electrons. The van der Waals surface area contributed by atoms with Gasteiger partial charge < -0.3 is 10.0 Å². The molecule has 1 N–H and O–H groups in total. The van der Waals surface area contributed by atoms with Crippen molar-refractivity contribution >= 4 is 28.8 Å². The fourth-order valence-electron chi connectivity index (χ4n) is 3.26. The van der Waals surface area contributed by atoms with Gasteiger partial charge in [-0.05, 0) is 29.1 Å². The summed E-state index contributed by atoms with van der Waals surface area (Å²) in [4.78, 5) is 32.1. The molecule has 1 saturated heterocycles. The van der Waals surface area contributed by atoms with Gasteiger partial charge in [-0.15, -0.1) is 11.3 Å². The first kappa shape index (κ1) is 17.2. The molecule has 0 bridgehead atoms. The van der Waals surface area contributed by atoms with Crippen molar-refractivity contribution in [2.75, 3.05) is 0 Å². The maximum atomic E-state index is 12.8. The number of hydrogen-bond acceptors (Lipinski definition) is 5. The molecular weight excluding hydrogens is 360 g/mol. The van der Waals surface area contributed by atoms with Crippen LogP contribution in [0, 0.1) is 0 Å². The second-order valence-electron chi connectivity index (χ2n) is 6.15. The van der Waals surface area contributed by atoms with Gasteiger partial charge in [0.1, 0.15) is 5.76 Å². The summed E-state index contributed by atoms with van der Waals surface area (Å²) in [6.07, 6.45) is 3.23.